The quantitative estimate of drug-likeness (QED) is 0.304. The van der Waals surface area contributed by atoms with Gasteiger partial charge in [-0.15, -0.1) is 0 Å². The molecule has 0 saturated carbocycles. The molecule has 1 aliphatic rings. The van der Waals surface area contributed by atoms with Gasteiger partial charge in [-0.25, -0.2) is 0 Å². The summed E-state index contributed by atoms with van der Waals surface area (Å²) in [5.41, 5.74) is 0. The molecular weight excluding hydrogens is 304 g/mol. The van der Waals surface area contributed by atoms with Crippen LogP contribution >= 0.6 is 0 Å². The van der Waals surface area contributed by atoms with Crippen LogP contribution < -0.4 is 0 Å². The third kappa shape index (κ3) is 8.70. The fourth-order valence-corrected chi connectivity index (χ4v) is 3.35. The minimum atomic E-state index is -0.117. The topological polar surface area (TPSA) is 52.6 Å². The van der Waals surface area contributed by atoms with Gasteiger partial charge in [0, 0.05) is 6.42 Å². The van der Waals surface area contributed by atoms with Crippen LogP contribution in [0.5, 0.6) is 0 Å². The molecule has 0 spiro atoms. The molecule has 1 heterocycles. The van der Waals surface area contributed by atoms with Crippen molar-refractivity contribution in [2.24, 2.45) is 5.92 Å². The van der Waals surface area contributed by atoms with Crippen molar-refractivity contribution < 1.29 is 19.1 Å². The summed E-state index contributed by atoms with van der Waals surface area (Å²) in [6, 6.07) is 0. The molecule has 4 heteroatoms. The van der Waals surface area contributed by atoms with Gasteiger partial charge in [-0.1, -0.05) is 64.7 Å². The van der Waals surface area contributed by atoms with Gasteiger partial charge in [-0.05, 0) is 25.7 Å². The van der Waals surface area contributed by atoms with Gasteiger partial charge in [-0.3, -0.25) is 9.59 Å². The zero-order valence-electron chi connectivity index (χ0n) is 15.7. The van der Waals surface area contributed by atoms with E-state index in [2.05, 4.69) is 11.7 Å². The Balaban J connectivity index is 1.96. The number of carbonyl (C=O) groups is 2. The van der Waals surface area contributed by atoms with Crippen LogP contribution in [0.3, 0.4) is 0 Å². The van der Waals surface area contributed by atoms with Gasteiger partial charge in [0.15, 0.2) is 0 Å². The van der Waals surface area contributed by atoms with Gasteiger partial charge in [0.25, 0.3) is 0 Å². The average molecular weight is 341 g/mol. The second-order valence-electron chi connectivity index (χ2n) is 7.02. The van der Waals surface area contributed by atoms with Crippen molar-refractivity contribution >= 4 is 11.9 Å². The van der Waals surface area contributed by atoms with Gasteiger partial charge in [0.05, 0.1) is 13.0 Å². The van der Waals surface area contributed by atoms with Crippen LogP contribution in [0.1, 0.15) is 96.8 Å². The molecule has 0 N–H and O–H groups in total. The molecule has 0 aromatic rings. The van der Waals surface area contributed by atoms with Crippen LogP contribution in [0.15, 0.2) is 0 Å². The summed E-state index contributed by atoms with van der Waals surface area (Å²) in [4.78, 5) is 22.6. The summed E-state index contributed by atoms with van der Waals surface area (Å²) in [5.74, 6) is 0.0658. The van der Waals surface area contributed by atoms with Gasteiger partial charge in [-0.2, -0.15) is 0 Å². The molecule has 1 aliphatic heterocycles. The van der Waals surface area contributed by atoms with Gasteiger partial charge in [0.2, 0.25) is 0 Å². The lowest BCUT2D eigenvalue weighted by Gasteiger charge is -2.35. The normalized spacial score (nSPS) is 19.7. The van der Waals surface area contributed by atoms with Crippen molar-refractivity contribution in [2.45, 2.75) is 103 Å². The number of methoxy groups -OCH3 is 1. The van der Waals surface area contributed by atoms with E-state index in [1.165, 1.54) is 39.2 Å². The van der Waals surface area contributed by atoms with Crippen LogP contribution in [-0.4, -0.2) is 25.2 Å². The second kappa shape index (κ2) is 13.3. The number of carbonyl (C=O) groups excluding carboxylic acids is 2. The Hall–Kier alpha value is -1.06. The molecule has 1 rings (SSSR count). The van der Waals surface area contributed by atoms with Crippen LogP contribution in [0.25, 0.3) is 0 Å². The van der Waals surface area contributed by atoms with Crippen LogP contribution in [0.4, 0.5) is 0 Å². The molecule has 0 amide bonds. The zero-order valence-corrected chi connectivity index (χ0v) is 15.7. The van der Waals surface area contributed by atoms with Gasteiger partial charge < -0.3 is 9.47 Å². The van der Waals surface area contributed by atoms with Crippen molar-refractivity contribution in [3.8, 4) is 0 Å². The molecule has 0 aromatic carbocycles. The highest BCUT2D eigenvalue weighted by Crippen LogP contribution is 2.31. The van der Waals surface area contributed by atoms with E-state index in [4.69, 9.17) is 4.74 Å². The number of esters is 2. The molecule has 2 atom stereocenters. The first-order valence-electron chi connectivity index (χ1n) is 9.96. The molecule has 1 saturated heterocycles. The molecule has 4 nitrogen and oxygen atoms in total. The maximum absolute atomic E-state index is 11.6. The lowest BCUT2D eigenvalue weighted by Crippen LogP contribution is -2.44. The maximum atomic E-state index is 11.6. The third-order valence-corrected chi connectivity index (χ3v) is 4.98. The summed E-state index contributed by atoms with van der Waals surface area (Å²) >= 11 is 0. The standard InChI is InChI=1S/C20H36O4/c1-3-4-5-6-8-11-14-17-18(24-20(17)22)15-12-9-7-10-13-16-19(21)23-2/h17-18H,3-16H2,1-2H3/t17-,18-/m0/s1. The fraction of sp³-hybridized carbons (Fsp3) is 0.900. The van der Waals surface area contributed by atoms with Crippen LogP contribution in [0.2, 0.25) is 0 Å². The molecule has 24 heavy (non-hydrogen) atoms. The SMILES string of the molecule is CCCCCCCC[C@@H]1C(=O)O[C@H]1CCCCCCCC(=O)OC. The number of unbranched alkanes of at least 4 members (excludes halogenated alkanes) is 9. The monoisotopic (exact) mass is 340 g/mol. The number of hydrogen-bond donors (Lipinski definition) is 0. The predicted octanol–water partition coefficient (Wildman–Crippen LogP) is 5.18. The Morgan fingerprint density at radius 3 is 2.12 bits per heavy atom. The first-order chi connectivity index (χ1) is 11.7. The third-order valence-electron chi connectivity index (χ3n) is 4.98. The average Bonchev–Trinajstić information content (AvgIpc) is 2.58. The minimum Gasteiger partial charge on any atom is -0.469 e. The van der Waals surface area contributed by atoms with Crippen molar-refractivity contribution in [1.82, 2.24) is 0 Å². The largest absolute Gasteiger partial charge is 0.469 e. The summed E-state index contributed by atoms with van der Waals surface area (Å²) in [6.45, 7) is 2.23. The molecule has 0 aromatic heterocycles. The van der Waals surface area contributed by atoms with Crippen molar-refractivity contribution in [3.63, 3.8) is 0 Å². The highest BCUT2D eigenvalue weighted by Gasteiger charge is 2.40. The Morgan fingerprint density at radius 2 is 1.50 bits per heavy atom. The summed E-state index contributed by atoms with van der Waals surface area (Å²) in [7, 11) is 1.43. The number of cyclic esters (lactones) is 1. The van der Waals surface area contributed by atoms with Crippen molar-refractivity contribution in [1.29, 1.82) is 0 Å². The van der Waals surface area contributed by atoms with Gasteiger partial charge >= 0.3 is 11.9 Å². The summed E-state index contributed by atoms with van der Waals surface area (Å²) in [5, 5.41) is 0. The van der Waals surface area contributed by atoms with E-state index in [1.807, 2.05) is 0 Å². The molecule has 0 aliphatic carbocycles. The molecular formula is C20H36O4. The first-order valence-corrected chi connectivity index (χ1v) is 9.96. The predicted molar refractivity (Wildman–Crippen MR) is 95.7 cm³/mol. The molecule has 140 valence electrons. The minimum absolute atomic E-state index is 0.0200. The fourth-order valence-electron chi connectivity index (χ4n) is 3.35. The Morgan fingerprint density at radius 1 is 0.917 bits per heavy atom. The van der Waals surface area contributed by atoms with E-state index in [9.17, 15) is 9.59 Å². The number of ether oxygens (including phenoxy) is 2. The highest BCUT2D eigenvalue weighted by molar-refractivity contribution is 5.78. The molecule has 0 radical (unpaired) electrons. The van der Waals surface area contributed by atoms with E-state index in [0.29, 0.717) is 6.42 Å². The first kappa shape index (κ1) is 21.0. The van der Waals surface area contributed by atoms with Crippen LogP contribution in [-0.2, 0) is 19.1 Å². The Labute approximate surface area is 147 Å². The second-order valence-corrected chi connectivity index (χ2v) is 7.02. The van der Waals surface area contributed by atoms with E-state index in [-0.39, 0.29) is 24.0 Å². The highest BCUT2D eigenvalue weighted by atomic mass is 16.6. The smallest absolute Gasteiger partial charge is 0.313 e. The van der Waals surface area contributed by atoms with Gasteiger partial charge in [0.1, 0.15) is 6.10 Å². The number of hydrogen-bond acceptors (Lipinski definition) is 4. The van der Waals surface area contributed by atoms with E-state index in [1.54, 1.807) is 0 Å². The molecule has 0 bridgehead atoms. The zero-order chi connectivity index (χ0) is 17.6. The number of rotatable bonds is 15. The lowest BCUT2D eigenvalue weighted by atomic mass is 9.87. The Kier molecular flexibility index (Phi) is 11.6. The summed E-state index contributed by atoms with van der Waals surface area (Å²) < 4.78 is 9.95. The Bertz CT molecular complexity index is 354. The van der Waals surface area contributed by atoms with E-state index < -0.39 is 0 Å². The van der Waals surface area contributed by atoms with Crippen molar-refractivity contribution in [3.05, 3.63) is 0 Å². The lowest BCUT2D eigenvalue weighted by molar-refractivity contribution is -0.186. The van der Waals surface area contributed by atoms with Crippen LogP contribution in [0, 0.1) is 5.92 Å². The summed E-state index contributed by atoms with van der Waals surface area (Å²) in [6.07, 6.45) is 15.7. The van der Waals surface area contributed by atoms with E-state index >= 15 is 0 Å². The maximum Gasteiger partial charge on any atom is 0.313 e. The molecule has 1 fully saturated rings. The van der Waals surface area contributed by atoms with E-state index in [0.717, 1.165) is 51.4 Å². The van der Waals surface area contributed by atoms with Crippen molar-refractivity contribution in [2.75, 3.05) is 7.11 Å². The molecule has 0 unspecified atom stereocenters.